The SMILES string of the molecule is COc1cccc(C2C(=C(O)c3c(C)nc4ccccn34)C(=O)C(=O)N2c2nc(C)c(C(C)=O)s2)c1. The molecule has 3 aromatic heterocycles. The lowest BCUT2D eigenvalue weighted by atomic mass is 9.96. The summed E-state index contributed by atoms with van der Waals surface area (Å²) < 4.78 is 7.04. The minimum atomic E-state index is -1.00. The molecule has 9 nitrogen and oxygen atoms in total. The zero-order valence-electron chi connectivity index (χ0n) is 20.0. The maximum atomic E-state index is 13.5. The van der Waals surface area contributed by atoms with Gasteiger partial charge in [-0.25, -0.2) is 9.97 Å². The van der Waals surface area contributed by atoms with Gasteiger partial charge in [-0.2, -0.15) is 0 Å². The molecule has 10 heteroatoms. The number of aliphatic hydroxyl groups is 1. The molecule has 1 fully saturated rings. The minimum Gasteiger partial charge on any atom is -0.505 e. The number of fused-ring (bicyclic) bond motifs is 1. The van der Waals surface area contributed by atoms with E-state index in [0.717, 1.165) is 11.3 Å². The molecule has 1 amide bonds. The zero-order chi connectivity index (χ0) is 25.7. The van der Waals surface area contributed by atoms with Crippen molar-refractivity contribution in [1.29, 1.82) is 0 Å². The van der Waals surface area contributed by atoms with E-state index in [0.29, 0.717) is 38.9 Å². The van der Waals surface area contributed by atoms with Gasteiger partial charge in [0.1, 0.15) is 17.1 Å². The fourth-order valence-corrected chi connectivity index (χ4v) is 5.48. The van der Waals surface area contributed by atoms with Crippen LogP contribution in [0.1, 0.15) is 45.3 Å². The Morgan fingerprint density at radius 2 is 1.86 bits per heavy atom. The van der Waals surface area contributed by atoms with Crippen molar-refractivity contribution in [2.24, 2.45) is 0 Å². The number of amides is 1. The number of Topliss-reactive ketones (excluding diaryl/α,β-unsaturated/α-hetero) is 2. The molecule has 4 aromatic rings. The van der Waals surface area contributed by atoms with Gasteiger partial charge in [0.05, 0.1) is 35.0 Å². The van der Waals surface area contributed by atoms with Gasteiger partial charge < -0.3 is 9.84 Å². The maximum absolute atomic E-state index is 13.5. The first-order chi connectivity index (χ1) is 17.2. The molecule has 0 radical (unpaired) electrons. The summed E-state index contributed by atoms with van der Waals surface area (Å²) in [4.78, 5) is 49.5. The Morgan fingerprint density at radius 3 is 2.56 bits per heavy atom. The number of aliphatic hydroxyl groups excluding tert-OH is 1. The summed E-state index contributed by atoms with van der Waals surface area (Å²) in [5.74, 6) is -1.72. The summed E-state index contributed by atoms with van der Waals surface area (Å²) in [5.41, 5.74) is 2.31. The van der Waals surface area contributed by atoms with Gasteiger partial charge in [0.25, 0.3) is 5.78 Å². The van der Waals surface area contributed by atoms with Crippen LogP contribution in [0.5, 0.6) is 5.75 Å². The van der Waals surface area contributed by atoms with Gasteiger partial charge in [-0.15, -0.1) is 0 Å². The molecule has 36 heavy (non-hydrogen) atoms. The zero-order valence-corrected chi connectivity index (χ0v) is 20.8. The molecule has 0 bridgehead atoms. The van der Waals surface area contributed by atoms with Crippen LogP contribution in [0.3, 0.4) is 0 Å². The second-order valence-electron chi connectivity index (χ2n) is 8.39. The van der Waals surface area contributed by atoms with Crippen LogP contribution in [0.15, 0.2) is 54.2 Å². The first kappa shape index (κ1) is 23.4. The van der Waals surface area contributed by atoms with E-state index < -0.39 is 17.7 Å². The van der Waals surface area contributed by atoms with E-state index in [4.69, 9.17) is 4.74 Å². The van der Waals surface area contributed by atoms with Gasteiger partial charge in [-0.1, -0.05) is 29.5 Å². The average Bonchev–Trinajstić information content (AvgIpc) is 3.49. The normalized spacial score (nSPS) is 17.2. The first-order valence-electron chi connectivity index (χ1n) is 11.1. The van der Waals surface area contributed by atoms with Crippen LogP contribution in [0, 0.1) is 13.8 Å². The quantitative estimate of drug-likeness (QED) is 0.188. The third kappa shape index (κ3) is 3.57. The number of nitrogens with zero attached hydrogens (tertiary/aromatic N) is 4. The summed E-state index contributed by atoms with van der Waals surface area (Å²) in [6, 6.07) is 11.3. The van der Waals surface area contributed by atoms with Crippen LogP contribution >= 0.6 is 11.3 Å². The summed E-state index contributed by atoms with van der Waals surface area (Å²) in [5, 5.41) is 11.8. The highest BCUT2D eigenvalue weighted by atomic mass is 32.1. The number of thiazole rings is 1. The van der Waals surface area contributed by atoms with Crippen molar-refractivity contribution in [3.63, 3.8) is 0 Å². The van der Waals surface area contributed by atoms with Gasteiger partial charge in [0.15, 0.2) is 16.7 Å². The number of rotatable bonds is 5. The predicted octanol–water partition coefficient (Wildman–Crippen LogP) is 4.25. The van der Waals surface area contributed by atoms with Crippen LogP contribution in [-0.4, -0.2) is 44.1 Å². The number of hydrogen-bond acceptors (Lipinski definition) is 8. The van der Waals surface area contributed by atoms with E-state index in [1.54, 1.807) is 60.8 Å². The standard InChI is InChI=1S/C26H22N4O5S/c1-13-20(29-11-6-5-10-18(29)27-13)22(32)19-21(16-8-7-9-17(12-16)35-4)30(25(34)23(19)33)26-28-14(2)24(36-26)15(3)31/h5-12,21,32H,1-4H3. The topological polar surface area (TPSA) is 114 Å². The van der Waals surface area contributed by atoms with Crippen molar-refractivity contribution in [2.45, 2.75) is 26.8 Å². The summed E-state index contributed by atoms with van der Waals surface area (Å²) in [6.07, 6.45) is 1.73. The van der Waals surface area contributed by atoms with Gasteiger partial charge in [0.2, 0.25) is 0 Å². The van der Waals surface area contributed by atoms with Gasteiger partial charge in [-0.05, 0) is 43.7 Å². The number of imidazole rings is 1. The Kier molecular flexibility index (Phi) is 5.68. The van der Waals surface area contributed by atoms with Crippen LogP contribution in [0.4, 0.5) is 5.13 Å². The number of ketones is 2. The van der Waals surface area contributed by atoms with E-state index in [-0.39, 0.29) is 22.2 Å². The van der Waals surface area contributed by atoms with Crippen LogP contribution in [0.2, 0.25) is 0 Å². The molecule has 1 aliphatic heterocycles. The molecule has 1 N–H and O–H groups in total. The summed E-state index contributed by atoms with van der Waals surface area (Å²) >= 11 is 1.04. The number of methoxy groups -OCH3 is 1. The predicted molar refractivity (Wildman–Crippen MR) is 135 cm³/mol. The second kappa shape index (κ2) is 8.72. The number of carbonyl (C=O) groups is 3. The Morgan fingerprint density at radius 1 is 1.08 bits per heavy atom. The van der Waals surface area contributed by atoms with E-state index in [2.05, 4.69) is 9.97 Å². The molecule has 1 aromatic carbocycles. The van der Waals surface area contributed by atoms with Crippen LogP contribution < -0.4 is 9.64 Å². The van der Waals surface area contributed by atoms with Crippen molar-refractivity contribution in [1.82, 2.24) is 14.4 Å². The Bertz CT molecular complexity index is 1600. The first-order valence-corrected chi connectivity index (χ1v) is 11.9. The summed E-state index contributed by atoms with van der Waals surface area (Å²) in [6.45, 7) is 4.82. The number of anilines is 1. The number of hydrogen-bond donors (Lipinski definition) is 1. The number of carbonyl (C=O) groups excluding carboxylic acids is 3. The van der Waals surface area contributed by atoms with Crippen LogP contribution in [-0.2, 0) is 9.59 Å². The number of benzene rings is 1. The molecular formula is C26H22N4O5S. The van der Waals surface area contributed by atoms with Crippen molar-refractivity contribution >= 4 is 45.3 Å². The number of pyridine rings is 1. The molecule has 182 valence electrons. The number of aryl methyl sites for hydroxylation is 2. The Balaban J connectivity index is 1.79. The van der Waals surface area contributed by atoms with Gasteiger partial charge in [0, 0.05) is 13.1 Å². The lowest BCUT2D eigenvalue weighted by molar-refractivity contribution is -0.132. The molecular weight excluding hydrogens is 480 g/mol. The molecule has 0 saturated carbocycles. The average molecular weight is 503 g/mol. The van der Waals surface area contributed by atoms with Gasteiger partial charge in [-0.3, -0.25) is 23.7 Å². The molecule has 0 spiro atoms. The molecule has 0 aliphatic carbocycles. The highest BCUT2D eigenvalue weighted by molar-refractivity contribution is 7.18. The van der Waals surface area contributed by atoms with E-state index in [9.17, 15) is 19.5 Å². The van der Waals surface area contributed by atoms with Crippen molar-refractivity contribution < 1.29 is 24.2 Å². The van der Waals surface area contributed by atoms with Crippen molar-refractivity contribution in [3.8, 4) is 5.75 Å². The lowest BCUT2D eigenvalue weighted by Gasteiger charge is -2.23. The molecule has 1 unspecified atom stereocenters. The molecule has 4 heterocycles. The smallest absolute Gasteiger partial charge is 0.301 e. The number of aromatic nitrogens is 3. The van der Waals surface area contributed by atoms with Crippen molar-refractivity contribution in [3.05, 3.63) is 81.8 Å². The van der Waals surface area contributed by atoms with E-state index >= 15 is 0 Å². The van der Waals surface area contributed by atoms with Crippen molar-refractivity contribution in [2.75, 3.05) is 12.0 Å². The third-order valence-corrected chi connectivity index (χ3v) is 7.35. The molecule has 5 rings (SSSR count). The minimum absolute atomic E-state index is 0.0979. The number of ether oxygens (including phenoxy) is 1. The van der Waals surface area contributed by atoms with E-state index in [1.165, 1.54) is 18.9 Å². The highest BCUT2D eigenvalue weighted by Gasteiger charge is 2.49. The maximum Gasteiger partial charge on any atom is 0.301 e. The largest absolute Gasteiger partial charge is 0.505 e. The van der Waals surface area contributed by atoms with Crippen LogP contribution in [0.25, 0.3) is 11.4 Å². The van der Waals surface area contributed by atoms with E-state index in [1.807, 2.05) is 6.07 Å². The fourth-order valence-electron chi connectivity index (χ4n) is 4.50. The molecule has 1 atom stereocenters. The fraction of sp³-hybridized carbons (Fsp3) is 0.192. The van der Waals surface area contributed by atoms with Gasteiger partial charge >= 0.3 is 5.91 Å². The Hall–Kier alpha value is -4.31. The highest BCUT2D eigenvalue weighted by Crippen LogP contribution is 2.44. The lowest BCUT2D eigenvalue weighted by Crippen LogP contribution is -2.29. The molecule has 1 aliphatic rings. The summed E-state index contributed by atoms with van der Waals surface area (Å²) in [7, 11) is 1.52. The second-order valence-corrected chi connectivity index (χ2v) is 9.37. The molecule has 1 saturated heterocycles. The Labute approximate surface area is 210 Å². The monoisotopic (exact) mass is 502 g/mol. The third-order valence-electron chi connectivity index (χ3n) is 6.09.